The minimum Gasteiger partial charge on any atom is -0.375 e. The fourth-order valence-electron chi connectivity index (χ4n) is 2.43. The normalized spacial score (nSPS) is 18.4. The minimum absolute atomic E-state index is 0. The van der Waals surface area contributed by atoms with E-state index in [-0.39, 0.29) is 36.4 Å². The summed E-state index contributed by atoms with van der Waals surface area (Å²) in [6.07, 6.45) is 0.287. The van der Waals surface area contributed by atoms with Crippen LogP contribution in [0.5, 0.6) is 0 Å². The van der Waals surface area contributed by atoms with Crippen molar-refractivity contribution < 1.29 is 14.3 Å². The third kappa shape index (κ3) is 6.56. The molecular formula is C16H24ClN3O3. The van der Waals surface area contributed by atoms with Crippen molar-refractivity contribution in [2.24, 2.45) is 0 Å². The molecule has 1 aliphatic rings. The number of halogens is 1. The molecule has 0 aliphatic carbocycles. The number of amides is 2. The Hall–Kier alpha value is -1.63. The Morgan fingerprint density at radius 2 is 2.22 bits per heavy atom. The number of morpholine rings is 1. The fourth-order valence-corrected chi connectivity index (χ4v) is 2.43. The molecule has 2 unspecified atom stereocenters. The number of rotatable bonds is 5. The summed E-state index contributed by atoms with van der Waals surface area (Å²) >= 11 is 0. The van der Waals surface area contributed by atoms with Crippen LogP contribution in [0.1, 0.15) is 31.9 Å². The molecule has 1 aliphatic heterocycles. The standard InChI is InChI=1S/C16H23N3O3.ClH/c1-11(13-4-3-5-14(8-13)19-12(2)20)18-16(21)9-15-10-17-6-7-22-15;/h3-5,8,11,15,17H,6-7,9-10H2,1-2H3,(H,18,21)(H,19,20);1H. The van der Waals surface area contributed by atoms with Crippen molar-refractivity contribution >= 4 is 29.9 Å². The van der Waals surface area contributed by atoms with Crippen LogP contribution in [0.15, 0.2) is 24.3 Å². The molecule has 6 nitrogen and oxygen atoms in total. The molecule has 1 heterocycles. The van der Waals surface area contributed by atoms with Crippen LogP contribution >= 0.6 is 12.4 Å². The Balaban J connectivity index is 0.00000264. The molecule has 2 amide bonds. The molecule has 0 bridgehead atoms. The zero-order chi connectivity index (χ0) is 15.9. The van der Waals surface area contributed by atoms with Crippen molar-refractivity contribution in [1.29, 1.82) is 0 Å². The molecule has 0 saturated carbocycles. The van der Waals surface area contributed by atoms with Crippen molar-refractivity contribution in [3.8, 4) is 0 Å². The summed E-state index contributed by atoms with van der Waals surface area (Å²) in [6.45, 7) is 5.58. The van der Waals surface area contributed by atoms with Crippen LogP contribution in [0.25, 0.3) is 0 Å². The fraction of sp³-hybridized carbons (Fsp3) is 0.500. The molecular weight excluding hydrogens is 318 g/mol. The number of carbonyl (C=O) groups excluding carboxylic acids is 2. The number of hydrogen-bond acceptors (Lipinski definition) is 4. The summed E-state index contributed by atoms with van der Waals surface area (Å²) < 4.78 is 5.53. The highest BCUT2D eigenvalue weighted by Crippen LogP contribution is 2.17. The first-order chi connectivity index (χ1) is 10.5. The Bertz CT molecular complexity index is 533. The topological polar surface area (TPSA) is 79.5 Å². The van der Waals surface area contributed by atoms with Crippen molar-refractivity contribution in [1.82, 2.24) is 10.6 Å². The minimum atomic E-state index is -0.127. The molecule has 1 fully saturated rings. The van der Waals surface area contributed by atoms with Crippen LogP contribution in [-0.2, 0) is 14.3 Å². The predicted octanol–water partition coefficient (Wildman–Crippen LogP) is 1.62. The van der Waals surface area contributed by atoms with Gasteiger partial charge in [0.1, 0.15) is 0 Å². The molecule has 1 aromatic carbocycles. The van der Waals surface area contributed by atoms with Gasteiger partial charge in [0.15, 0.2) is 0 Å². The SMILES string of the molecule is CC(=O)Nc1cccc(C(C)NC(=O)CC2CNCCO2)c1.Cl. The maximum absolute atomic E-state index is 12.1. The Kier molecular flexibility index (Phi) is 8.02. The molecule has 0 aromatic heterocycles. The van der Waals surface area contributed by atoms with Crippen LogP contribution in [0, 0.1) is 0 Å². The first-order valence-corrected chi connectivity index (χ1v) is 7.54. The molecule has 0 radical (unpaired) electrons. The molecule has 3 N–H and O–H groups in total. The number of hydrogen-bond donors (Lipinski definition) is 3. The second-order valence-corrected chi connectivity index (χ2v) is 5.50. The average Bonchev–Trinajstić information content (AvgIpc) is 2.47. The van der Waals surface area contributed by atoms with Gasteiger partial charge in [-0.25, -0.2) is 0 Å². The van der Waals surface area contributed by atoms with Crippen LogP contribution in [0.3, 0.4) is 0 Å². The highest BCUT2D eigenvalue weighted by atomic mass is 35.5. The van der Waals surface area contributed by atoms with E-state index in [2.05, 4.69) is 16.0 Å². The van der Waals surface area contributed by atoms with Crippen molar-refractivity contribution in [3.63, 3.8) is 0 Å². The lowest BCUT2D eigenvalue weighted by atomic mass is 10.1. The second kappa shape index (κ2) is 9.50. The van der Waals surface area contributed by atoms with E-state index in [0.29, 0.717) is 19.6 Å². The van der Waals surface area contributed by atoms with Gasteiger partial charge < -0.3 is 20.7 Å². The smallest absolute Gasteiger partial charge is 0.223 e. The summed E-state index contributed by atoms with van der Waals surface area (Å²) in [5.74, 6) is -0.151. The van der Waals surface area contributed by atoms with Crippen LogP contribution in [-0.4, -0.2) is 37.6 Å². The first-order valence-electron chi connectivity index (χ1n) is 7.54. The summed E-state index contributed by atoms with van der Waals surface area (Å²) in [5.41, 5.74) is 1.67. The zero-order valence-corrected chi connectivity index (χ0v) is 14.2. The van der Waals surface area contributed by atoms with E-state index in [1.54, 1.807) is 0 Å². The number of anilines is 1. The number of nitrogens with one attached hydrogen (secondary N) is 3. The Morgan fingerprint density at radius 3 is 2.87 bits per heavy atom. The Labute approximate surface area is 142 Å². The van der Waals surface area contributed by atoms with E-state index in [1.807, 2.05) is 31.2 Å². The average molecular weight is 342 g/mol. The van der Waals surface area contributed by atoms with Gasteiger partial charge >= 0.3 is 0 Å². The van der Waals surface area contributed by atoms with E-state index in [0.717, 1.165) is 17.8 Å². The third-order valence-electron chi connectivity index (χ3n) is 3.50. The summed E-state index contributed by atoms with van der Waals surface area (Å²) in [4.78, 5) is 23.2. The van der Waals surface area contributed by atoms with Gasteiger partial charge in [0, 0.05) is 25.7 Å². The largest absolute Gasteiger partial charge is 0.375 e. The van der Waals surface area contributed by atoms with Crippen molar-refractivity contribution in [3.05, 3.63) is 29.8 Å². The number of carbonyl (C=O) groups is 2. The number of ether oxygens (including phenoxy) is 1. The second-order valence-electron chi connectivity index (χ2n) is 5.50. The molecule has 128 valence electrons. The van der Waals surface area contributed by atoms with Gasteiger partial charge in [0.05, 0.1) is 25.2 Å². The van der Waals surface area contributed by atoms with E-state index < -0.39 is 0 Å². The highest BCUT2D eigenvalue weighted by Gasteiger charge is 2.18. The van der Waals surface area contributed by atoms with Gasteiger partial charge in [0.25, 0.3) is 0 Å². The van der Waals surface area contributed by atoms with Gasteiger partial charge in [-0.1, -0.05) is 12.1 Å². The van der Waals surface area contributed by atoms with Crippen LogP contribution in [0.2, 0.25) is 0 Å². The Morgan fingerprint density at radius 1 is 1.43 bits per heavy atom. The van der Waals surface area contributed by atoms with E-state index >= 15 is 0 Å². The third-order valence-corrected chi connectivity index (χ3v) is 3.50. The monoisotopic (exact) mass is 341 g/mol. The molecule has 7 heteroatoms. The zero-order valence-electron chi connectivity index (χ0n) is 13.4. The molecule has 0 spiro atoms. The maximum atomic E-state index is 12.1. The van der Waals surface area contributed by atoms with Crippen LogP contribution < -0.4 is 16.0 Å². The lowest BCUT2D eigenvalue weighted by molar-refractivity contribution is -0.125. The molecule has 1 saturated heterocycles. The predicted molar refractivity (Wildman–Crippen MR) is 91.8 cm³/mol. The lowest BCUT2D eigenvalue weighted by Crippen LogP contribution is -2.41. The van der Waals surface area contributed by atoms with E-state index in [1.165, 1.54) is 6.92 Å². The van der Waals surface area contributed by atoms with Crippen molar-refractivity contribution in [2.45, 2.75) is 32.4 Å². The van der Waals surface area contributed by atoms with E-state index in [9.17, 15) is 9.59 Å². The molecule has 1 aromatic rings. The van der Waals surface area contributed by atoms with Gasteiger partial charge in [0.2, 0.25) is 11.8 Å². The quantitative estimate of drug-likeness (QED) is 0.760. The maximum Gasteiger partial charge on any atom is 0.223 e. The van der Waals surface area contributed by atoms with Crippen molar-refractivity contribution in [2.75, 3.05) is 25.0 Å². The van der Waals surface area contributed by atoms with Gasteiger partial charge in [-0.3, -0.25) is 9.59 Å². The molecule has 2 rings (SSSR count). The highest BCUT2D eigenvalue weighted by molar-refractivity contribution is 5.88. The van der Waals surface area contributed by atoms with Gasteiger partial charge in [-0.2, -0.15) is 0 Å². The first kappa shape index (κ1) is 19.4. The summed E-state index contributed by atoms with van der Waals surface area (Å²) in [5, 5.41) is 8.91. The summed E-state index contributed by atoms with van der Waals surface area (Å²) in [7, 11) is 0. The number of benzene rings is 1. The van der Waals surface area contributed by atoms with Gasteiger partial charge in [-0.05, 0) is 24.6 Å². The summed E-state index contributed by atoms with van der Waals surface area (Å²) in [6, 6.07) is 7.34. The van der Waals surface area contributed by atoms with E-state index in [4.69, 9.17) is 4.74 Å². The lowest BCUT2D eigenvalue weighted by Gasteiger charge is -2.24. The van der Waals surface area contributed by atoms with Crippen LogP contribution in [0.4, 0.5) is 5.69 Å². The molecule has 2 atom stereocenters. The molecule has 23 heavy (non-hydrogen) atoms. The van der Waals surface area contributed by atoms with Gasteiger partial charge in [-0.15, -0.1) is 12.4 Å².